The first-order chi connectivity index (χ1) is 15.2. The van der Waals surface area contributed by atoms with Gasteiger partial charge < -0.3 is 9.88 Å². The number of nitrogens with one attached hydrogen (secondary N) is 1. The van der Waals surface area contributed by atoms with Crippen LogP contribution in [0.25, 0.3) is 0 Å². The Bertz CT molecular complexity index is 966. The average Bonchev–Trinajstić information content (AvgIpc) is 3.16. The topological polar surface area (TPSA) is 52.2 Å². The average molecular weight is 435 g/mol. The molecule has 4 rings (SSSR count). The maximum Gasteiger partial charge on any atom is 0.233 e. The molecule has 1 N–H and O–H groups in total. The van der Waals surface area contributed by atoms with Gasteiger partial charge in [0.25, 0.3) is 0 Å². The molecule has 3 aromatic rings. The molecule has 2 heterocycles. The van der Waals surface area contributed by atoms with Crippen molar-refractivity contribution in [3.8, 4) is 0 Å². The molecule has 5 nitrogen and oxygen atoms in total. The molecular formula is C25H30N4OS. The fourth-order valence-electron chi connectivity index (χ4n) is 3.87. The number of aryl methyl sites for hydroxylation is 1. The van der Waals surface area contributed by atoms with Gasteiger partial charge in [-0.25, -0.2) is 4.98 Å². The molecule has 0 unspecified atom stereocenters. The molecule has 0 radical (unpaired) electrons. The molecule has 162 valence electrons. The summed E-state index contributed by atoms with van der Waals surface area (Å²) in [6.07, 6.45) is 1.87. The van der Waals surface area contributed by atoms with E-state index in [9.17, 15) is 4.79 Å². The van der Waals surface area contributed by atoms with Crippen LogP contribution in [-0.4, -0.2) is 64.2 Å². The number of hydrogen-bond donors (Lipinski definition) is 1. The van der Waals surface area contributed by atoms with Gasteiger partial charge in [-0.3, -0.25) is 9.69 Å². The molecule has 1 aromatic heterocycles. The zero-order valence-electron chi connectivity index (χ0n) is 18.1. The number of benzene rings is 2. The molecule has 1 fully saturated rings. The summed E-state index contributed by atoms with van der Waals surface area (Å²) in [4.78, 5) is 25.2. The third-order valence-corrected chi connectivity index (χ3v) is 6.65. The van der Waals surface area contributed by atoms with Gasteiger partial charge in [0, 0.05) is 44.8 Å². The molecule has 0 aliphatic carbocycles. The zero-order chi connectivity index (χ0) is 21.5. The second-order valence-corrected chi connectivity index (χ2v) is 8.99. The van der Waals surface area contributed by atoms with Crippen LogP contribution >= 0.6 is 11.8 Å². The van der Waals surface area contributed by atoms with Gasteiger partial charge in [0.05, 0.1) is 11.4 Å². The molecule has 31 heavy (non-hydrogen) atoms. The number of carbonyl (C=O) groups is 1. The molecular weight excluding hydrogens is 404 g/mol. The highest BCUT2D eigenvalue weighted by atomic mass is 32.2. The second kappa shape index (κ2) is 10.6. The molecule has 0 spiro atoms. The second-order valence-electron chi connectivity index (χ2n) is 8.02. The number of piperazine rings is 1. The van der Waals surface area contributed by atoms with Crippen molar-refractivity contribution >= 4 is 17.7 Å². The lowest BCUT2D eigenvalue weighted by atomic mass is 10.1. The lowest BCUT2D eigenvalue weighted by Gasteiger charge is -2.34. The summed E-state index contributed by atoms with van der Waals surface area (Å²) in [5.41, 5.74) is 4.74. The Kier molecular flexibility index (Phi) is 7.43. The van der Waals surface area contributed by atoms with Crippen LogP contribution in [0.4, 0.5) is 0 Å². The number of aromatic amines is 1. The zero-order valence-corrected chi connectivity index (χ0v) is 18.9. The van der Waals surface area contributed by atoms with Gasteiger partial charge in [-0.1, -0.05) is 72.4 Å². The largest absolute Gasteiger partial charge is 0.339 e. The Balaban J connectivity index is 1.20. The smallest absolute Gasteiger partial charge is 0.233 e. The maximum absolute atomic E-state index is 12.7. The SMILES string of the molecule is Cc1[nH]c(SCC(=O)N2CCN(CCc3ccccc3)CC2)nc1Cc1ccccc1. The van der Waals surface area contributed by atoms with E-state index in [-0.39, 0.29) is 5.91 Å². The van der Waals surface area contributed by atoms with Gasteiger partial charge in [0.2, 0.25) is 5.91 Å². The highest BCUT2D eigenvalue weighted by Crippen LogP contribution is 2.20. The lowest BCUT2D eigenvalue weighted by Crippen LogP contribution is -2.49. The highest BCUT2D eigenvalue weighted by Gasteiger charge is 2.21. The number of H-pyrrole nitrogens is 1. The molecule has 0 atom stereocenters. The number of imidazole rings is 1. The van der Waals surface area contributed by atoms with Gasteiger partial charge in [-0.15, -0.1) is 0 Å². The summed E-state index contributed by atoms with van der Waals surface area (Å²) in [7, 11) is 0. The van der Waals surface area contributed by atoms with Crippen molar-refractivity contribution in [1.29, 1.82) is 0 Å². The lowest BCUT2D eigenvalue weighted by molar-refractivity contribution is -0.130. The number of rotatable bonds is 8. The van der Waals surface area contributed by atoms with Crippen molar-refractivity contribution in [2.45, 2.75) is 24.9 Å². The van der Waals surface area contributed by atoms with Crippen molar-refractivity contribution in [2.24, 2.45) is 0 Å². The molecule has 1 amide bonds. The fourth-order valence-corrected chi connectivity index (χ4v) is 4.71. The van der Waals surface area contributed by atoms with Crippen molar-refractivity contribution in [2.75, 3.05) is 38.5 Å². The third-order valence-electron chi connectivity index (χ3n) is 5.80. The Morgan fingerprint density at radius 2 is 1.61 bits per heavy atom. The van der Waals surface area contributed by atoms with Crippen molar-refractivity contribution in [1.82, 2.24) is 19.8 Å². The fraction of sp³-hybridized carbons (Fsp3) is 0.360. The van der Waals surface area contributed by atoms with Crippen LogP contribution in [0.2, 0.25) is 0 Å². The van der Waals surface area contributed by atoms with Crippen molar-refractivity contribution in [3.05, 3.63) is 83.2 Å². The Hall–Kier alpha value is -2.57. The van der Waals surface area contributed by atoms with Crippen LogP contribution in [0, 0.1) is 6.92 Å². The van der Waals surface area contributed by atoms with Gasteiger partial charge in [-0.2, -0.15) is 0 Å². The third kappa shape index (κ3) is 6.21. The Morgan fingerprint density at radius 1 is 0.968 bits per heavy atom. The minimum atomic E-state index is 0.200. The van der Waals surface area contributed by atoms with Crippen LogP contribution in [0.1, 0.15) is 22.5 Å². The van der Waals surface area contributed by atoms with E-state index >= 15 is 0 Å². The number of amides is 1. The van der Waals surface area contributed by atoms with E-state index in [2.05, 4.69) is 52.3 Å². The van der Waals surface area contributed by atoms with E-state index in [0.29, 0.717) is 5.75 Å². The van der Waals surface area contributed by atoms with E-state index in [1.807, 2.05) is 30.0 Å². The summed E-state index contributed by atoms with van der Waals surface area (Å²) >= 11 is 1.50. The van der Waals surface area contributed by atoms with E-state index in [1.54, 1.807) is 0 Å². The number of hydrogen-bond acceptors (Lipinski definition) is 4. The van der Waals surface area contributed by atoms with Gasteiger partial charge in [0.15, 0.2) is 5.16 Å². The molecule has 1 saturated heterocycles. The minimum absolute atomic E-state index is 0.200. The van der Waals surface area contributed by atoms with Crippen LogP contribution in [0.3, 0.4) is 0 Å². The van der Waals surface area contributed by atoms with Crippen LogP contribution in [-0.2, 0) is 17.6 Å². The number of nitrogens with zero attached hydrogens (tertiary/aromatic N) is 3. The minimum Gasteiger partial charge on any atom is -0.339 e. The summed E-state index contributed by atoms with van der Waals surface area (Å²) in [5.74, 6) is 0.633. The van der Waals surface area contributed by atoms with Gasteiger partial charge in [0.1, 0.15) is 0 Å². The molecule has 1 aliphatic rings. The first-order valence-electron chi connectivity index (χ1n) is 10.9. The standard InChI is InChI=1S/C25H30N4OS/c1-20-23(18-22-10-6-3-7-11-22)27-25(26-20)31-19-24(30)29-16-14-28(15-17-29)13-12-21-8-4-2-5-9-21/h2-11H,12-19H2,1H3,(H,26,27). The highest BCUT2D eigenvalue weighted by molar-refractivity contribution is 7.99. The monoisotopic (exact) mass is 434 g/mol. The Labute approximate surface area is 188 Å². The van der Waals surface area contributed by atoms with Crippen molar-refractivity contribution in [3.63, 3.8) is 0 Å². The summed E-state index contributed by atoms with van der Waals surface area (Å²) in [6.45, 7) is 6.62. The first kappa shape index (κ1) is 21.7. The van der Waals surface area contributed by atoms with Gasteiger partial charge in [-0.05, 0) is 24.5 Å². The van der Waals surface area contributed by atoms with E-state index in [0.717, 1.165) is 62.1 Å². The van der Waals surface area contributed by atoms with Crippen molar-refractivity contribution < 1.29 is 4.79 Å². The van der Waals surface area contributed by atoms with E-state index in [1.165, 1.54) is 22.9 Å². The Morgan fingerprint density at radius 3 is 2.29 bits per heavy atom. The van der Waals surface area contributed by atoms with Crippen LogP contribution in [0.5, 0.6) is 0 Å². The summed E-state index contributed by atoms with van der Waals surface area (Å²) in [6, 6.07) is 21.0. The number of aromatic nitrogens is 2. The number of thioether (sulfide) groups is 1. The quantitative estimate of drug-likeness (QED) is 0.548. The van der Waals surface area contributed by atoms with E-state index in [4.69, 9.17) is 4.98 Å². The molecule has 2 aromatic carbocycles. The summed E-state index contributed by atoms with van der Waals surface area (Å²) in [5, 5.41) is 0.832. The normalized spacial score (nSPS) is 14.7. The molecule has 0 bridgehead atoms. The predicted molar refractivity (Wildman–Crippen MR) is 126 cm³/mol. The summed E-state index contributed by atoms with van der Waals surface area (Å²) < 4.78 is 0. The van der Waals surface area contributed by atoms with Crippen LogP contribution in [0.15, 0.2) is 65.8 Å². The van der Waals surface area contributed by atoms with E-state index < -0.39 is 0 Å². The number of carbonyl (C=O) groups excluding carboxylic acids is 1. The van der Waals surface area contributed by atoms with Gasteiger partial charge >= 0.3 is 0 Å². The first-order valence-corrected chi connectivity index (χ1v) is 11.9. The predicted octanol–water partition coefficient (Wildman–Crippen LogP) is 3.79. The molecule has 0 saturated carbocycles. The molecule has 1 aliphatic heterocycles. The van der Waals surface area contributed by atoms with Crippen LogP contribution < -0.4 is 0 Å². The molecule has 6 heteroatoms. The maximum atomic E-state index is 12.7.